The van der Waals surface area contributed by atoms with Gasteiger partial charge in [0, 0.05) is 36.0 Å². The van der Waals surface area contributed by atoms with Gasteiger partial charge < -0.3 is 4.74 Å². The Labute approximate surface area is 69.0 Å². The number of ether oxygens (including phenoxy) is 1. The van der Waals surface area contributed by atoms with E-state index in [2.05, 4.69) is 26.0 Å². The second-order valence-electron chi connectivity index (χ2n) is 2.88. The first-order valence-electron chi connectivity index (χ1n) is 3.35. The number of morpholine rings is 1. The van der Waals surface area contributed by atoms with Crippen LogP contribution in [-0.2, 0) is 4.74 Å². The monoisotopic (exact) mass is 239 g/mol. The van der Waals surface area contributed by atoms with Gasteiger partial charge >= 0.3 is 0 Å². The molecule has 0 aromatic heterocycles. The Morgan fingerprint density at radius 2 is 2.22 bits per heavy atom. The fourth-order valence-electron chi connectivity index (χ4n) is 1.24. The zero-order chi connectivity index (χ0) is 6.32. The molecule has 0 atom stereocenters. The van der Waals surface area contributed by atoms with Crippen LogP contribution in [0.25, 0.3) is 0 Å². The molecule has 2 fully saturated rings. The molecule has 0 bridgehead atoms. The topological polar surface area (TPSA) is 12.5 Å². The van der Waals surface area contributed by atoms with Crippen LogP contribution < -0.4 is 0 Å². The van der Waals surface area contributed by atoms with E-state index in [-0.39, 0.29) is 0 Å². The van der Waals surface area contributed by atoms with Crippen LogP contribution in [0.5, 0.6) is 0 Å². The van der Waals surface area contributed by atoms with E-state index in [1.54, 1.807) is 0 Å². The molecule has 0 aromatic rings. The highest BCUT2D eigenvalue weighted by molar-refractivity contribution is 14.1. The standard InChI is InChI=1S/C6H10INO/c7-8-3-4-9-6(5-8)1-2-6/h1-5H2. The Morgan fingerprint density at radius 3 is 2.67 bits per heavy atom. The van der Waals surface area contributed by atoms with Crippen LogP contribution in [0.1, 0.15) is 12.8 Å². The molecule has 9 heavy (non-hydrogen) atoms. The first-order valence-corrected chi connectivity index (χ1v) is 4.32. The Kier molecular flexibility index (Phi) is 1.46. The van der Waals surface area contributed by atoms with E-state index < -0.39 is 0 Å². The van der Waals surface area contributed by atoms with Crippen LogP contribution in [0.2, 0.25) is 0 Å². The number of hydrogen-bond donors (Lipinski definition) is 0. The molecule has 1 saturated carbocycles. The lowest BCUT2D eigenvalue weighted by Crippen LogP contribution is -2.38. The third kappa shape index (κ3) is 1.23. The lowest BCUT2D eigenvalue weighted by Gasteiger charge is -2.28. The van der Waals surface area contributed by atoms with Gasteiger partial charge in [-0.1, -0.05) is 0 Å². The van der Waals surface area contributed by atoms with Crippen LogP contribution in [0.3, 0.4) is 0 Å². The van der Waals surface area contributed by atoms with E-state index in [0.717, 1.165) is 19.7 Å². The Bertz CT molecular complexity index is 124. The van der Waals surface area contributed by atoms with Gasteiger partial charge in [0.05, 0.1) is 12.2 Å². The predicted octanol–water partition coefficient (Wildman–Crippen LogP) is 1.20. The molecule has 1 saturated heterocycles. The van der Waals surface area contributed by atoms with Gasteiger partial charge in [-0.25, -0.2) is 3.11 Å². The van der Waals surface area contributed by atoms with Crippen LogP contribution in [0.4, 0.5) is 0 Å². The van der Waals surface area contributed by atoms with Crippen molar-refractivity contribution < 1.29 is 4.74 Å². The molecule has 52 valence electrons. The van der Waals surface area contributed by atoms with E-state index in [1.165, 1.54) is 12.8 Å². The van der Waals surface area contributed by atoms with Crippen molar-refractivity contribution in [3.8, 4) is 0 Å². The molecular weight excluding hydrogens is 229 g/mol. The molecule has 0 unspecified atom stereocenters. The lowest BCUT2D eigenvalue weighted by atomic mass is 10.3. The smallest absolute Gasteiger partial charge is 0.0819 e. The number of rotatable bonds is 0. The largest absolute Gasteiger partial charge is 0.372 e. The summed E-state index contributed by atoms with van der Waals surface area (Å²) in [5, 5.41) is 0. The maximum Gasteiger partial charge on any atom is 0.0819 e. The Hall–Kier alpha value is 0.650. The van der Waals surface area contributed by atoms with Gasteiger partial charge in [-0.2, -0.15) is 0 Å². The molecule has 1 heterocycles. The predicted molar refractivity (Wildman–Crippen MR) is 43.5 cm³/mol. The van der Waals surface area contributed by atoms with E-state index in [4.69, 9.17) is 4.74 Å². The number of nitrogens with zero attached hydrogens (tertiary/aromatic N) is 1. The number of hydrogen-bond acceptors (Lipinski definition) is 2. The highest BCUT2D eigenvalue weighted by atomic mass is 127. The van der Waals surface area contributed by atoms with Gasteiger partial charge in [-0.3, -0.25) is 0 Å². The van der Waals surface area contributed by atoms with E-state index in [1.807, 2.05) is 0 Å². The van der Waals surface area contributed by atoms with E-state index in [9.17, 15) is 0 Å². The summed E-state index contributed by atoms with van der Waals surface area (Å²) in [6.07, 6.45) is 2.57. The summed E-state index contributed by atoms with van der Waals surface area (Å²) in [6.45, 7) is 3.18. The fraction of sp³-hybridized carbons (Fsp3) is 1.00. The summed E-state index contributed by atoms with van der Waals surface area (Å²) in [6, 6.07) is 0. The molecule has 1 aliphatic heterocycles. The average molecular weight is 239 g/mol. The molecule has 1 aliphatic carbocycles. The zero-order valence-electron chi connectivity index (χ0n) is 5.27. The lowest BCUT2D eigenvalue weighted by molar-refractivity contribution is -0.0122. The van der Waals surface area contributed by atoms with Crippen LogP contribution in [0.15, 0.2) is 0 Å². The second-order valence-corrected chi connectivity index (χ2v) is 4.24. The van der Waals surface area contributed by atoms with Crippen molar-refractivity contribution in [2.75, 3.05) is 19.7 Å². The third-order valence-corrected chi connectivity index (χ3v) is 2.83. The van der Waals surface area contributed by atoms with E-state index >= 15 is 0 Å². The molecule has 0 amide bonds. The first kappa shape index (κ1) is 6.37. The van der Waals surface area contributed by atoms with Gasteiger partial charge in [-0.05, 0) is 12.8 Å². The van der Waals surface area contributed by atoms with Crippen molar-refractivity contribution in [1.29, 1.82) is 0 Å². The van der Waals surface area contributed by atoms with Gasteiger partial charge in [0.2, 0.25) is 0 Å². The molecule has 2 aliphatic rings. The Balaban J connectivity index is 1.96. The molecule has 1 spiro atoms. The zero-order valence-corrected chi connectivity index (χ0v) is 7.43. The maximum absolute atomic E-state index is 5.60. The third-order valence-electron chi connectivity index (χ3n) is 2.01. The minimum absolute atomic E-state index is 0.319. The van der Waals surface area contributed by atoms with Crippen molar-refractivity contribution in [2.45, 2.75) is 18.4 Å². The molecule has 2 rings (SSSR count). The fourth-order valence-corrected chi connectivity index (χ4v) is 2.06. The molecule has 0 N–H and O–H groups in total. The molecule has 0 aromatic carbocycles. The molecule has 0 radical (unpaired) electrons. The quantitative estimate of drug-likeness (QED) is 0.465. The summed E-state index contributed by atoms with van der Waals surface area (Å²) >= 11 is 2.38. The molecule has 2 nitrogen and oxygen atoms in total. The average Bonchev–Trinajstić information content (AvgIpc) is 2.49. The summed E-state index contributed by atoms with van der Waals surface area (Å²) in [5.41, 5.74) is 0.319. The summed E-state index contributed by atoms with van der Waals surface area (Å²) < 4.78 is 7.93. The van der Waals surface area contributed by atoms with Gasteiger partial charge in [0.15, 0.2) is 0 Å². The van der Waals surface area contributed by atoms with Crippen molar-refractivity contribution in [2.24, 2.45) is 0 Å². The van der Waals surface area contributed by atoms with Crippen LogP contribution in [0, 0.1) is 0 Å². The van der Waals surface area contributed by atoms with Crippen molar-refractivity contribution >= 4 is 22.9 Å². The summed E-state index contributed by atoms with van der Waals surface area (Å²) in [4.78, 5) is 0. The second kappa shape index (κ2) is 2.07. The summed E-state index contributed by atoms with van der Waals surface area (Å²) in [7, 11) is 0. The number of halogens is 1. The van der Waals surface area contributed by atoms with Gasteiger partial charge in [0.1, 0.15) is 0 Å². The first-order chi connectivity index (χ1) is 4.31. The highest BCUT2D eigenvalue weighted by Crippen LogP contribution is 2.42. The normalized spacial score (nSPS) is 33.0. The highest BCUT2D eigenvalue weighted by Gasteiger charge is 2.46. The van der Waals surface area contributed by atoms with Crippen LogP contribution >= 0.6 is 22.9 Å². The van der Waals surface area contributed by atoms with Crippen LogP contribution in [-0.4, -0.2) is 28.4 Å². The molecule has 3 heteroatoms. The minimum atomic E-state index is 0.319. The van der Waals surface area contributed by atoms with Gasteiger partial charge in [0.25, 0.3) is 0 Å². The summed E-state index contributed by atoms with van der Waals surface area (Å²) in [5.74, 6) is 0. The van der Waals surface area contributed by atoms with Crippen molar-refractivity contribution in [3.63, 3.8) is 0 Å². The SMILES string of the molecule is IN1CCOC2(CC2)C1. The maximum atomic E-state index is 5.60. The van der Waals surface area contributed by atoms with Gasteiger partial charge in [-0.15, -0.1) is 0 Å². The minimum Gasteiger partial charge on any atom is -0.372 e. The van der Waals surface area contributed by atoms with Crippen molar-refractivity contribution in [3.05, 3.63) is 0 Å². The molecular formula is C6H10INO. The Morgan fingerprint density at radius 1 is 1.44 bits per heavy atom. The van der Waals surface area contributed by atoms with E-state index in [0.29, 0.717) is 5.60 Å². The van der Waals surface area contributed by atoms with Crippen molar-refractivity contribution in [1.82, 2.24) is 3.11 Å².